The van der Waals surface area contributed by atoms with Crippen molar-refractivity contribution in [3.8, 4) is 11.4 Å². The molecule has 0 spiro atoms. The molecule has 0 aliphatic carbocycles. The Kier molecular flexibility index (Phi) is 4.57. The topological polar surface area (TPSA) is 87.7 Å². The molecule has 0 atom stereocenters. The molecule has 4 rings (SSSR count). The normalized spacial score (nSPS) is 10.0. The number of hydrogen-bond acceptors (Lipinski definition) is 4. The van der Waals surface area contributed by atoms with E-state index in [1.807, 2.05) is 70.1 Å². The van der Waals surface area contributed by atoms with E-state index in [0.29, 0.717) is 0 Å². The van der Waals surface area contributed by atoms with Crippen LogP contribution in [0.1, 0.15) is 0 Å². The summed E-state index contributed by atoms with van der Waals surface area (Å²) in [6, 6.07) is 15.3. The minimum absolute atomic E-state index is 0.777. The number of rotatable bonds is 2. The molecule has 0 unspecified atom stereocenters. The van der Waals surface area contributed by atoms with E-state index in [9.17, 15) is 0 Å². The fourth-order valence-corrected chi connectivity index (χ4v) is 2.12. The van der Waals surface area contributed by atoms with Crippen molar-refractivity contribution >= 4 is 11.4 Å². The zero-order chi connectivity index (χ0) is 16.8. The SMILES string of the molecule is Nc1ccc(-n2ccnc2)cc1.Nc1ccc(-n2ccnc2)cc1. The maximum atomic E-state index is 5.56. The van der Waals surface area contributed by atoms with Crippen LogP contribution in [0.4, 0.5) is 11.4 Å². The summed E-state index contributed by atoms with van der Waals surface area (Å²) < 4.78 is 3.86. The van der Waals surface area contributed by atoms with Gasteiger partial charge in [0, 0.05) is 47.5 Å². The van der Waals surface area contributed by atoms with Gasteiger partial charge in [0.1, 0.15) is 0 Å². The first kappa shape index (κ1) is 15.4. The largest absolute Gasteiger partial charge is 0.399 e. The van der Waals surface area contributed by atoms with E-state index in [4.69, 9.17) is 11.5 Å². The highest BCUT2D eigenvalue weighted by Crippen LogP contribution is 2.10. The Balaban J connectivity index is 0.000000141. The Morgan fingerprint density at radius 1 is 0.583 bits per heavy atom. The number of aromatic nitrogens is 4. The van der Waals surface area contributed by atoms with Crippen molar-refractivity contribution in [1.82, 2.24) is 19.1 Å². The molecule has 24 heavy (non-hydrogen) atoms. The van der Waals surface area contributed by atoms with Crippen molar-refractivity contribution in [2.75, 3.05) is 11.5 Å². The molecule has 0 saturated carbocycles. The Bertz CT molecular complexity index is 771. The van der Waals surface area contributed by atoms with Crippen LogP contribution in [0.5, 0.6) is 0 Å². The summed E-state index contributed by atoms with van der Waals surface area (Å²) in [6.45, 7) is 0. The van der Waals surface area contributed by atoms with E-state index < -0.39 is 0 Å². The smallest absolute Gasteiger partial charge is 0.0991 e. The predicted octanol–water partition coefficient (Wildman–Crippen LogP) is 2.91. The van der Waals surface area contributed by atoms with E-state index >= 15 is 0 Å². The molecule has 2 aromatic heterocycles. The predicted molar refractivity (Wildman–Crippen MR) is 96.0 cm³/mol. The first-order chi connectivity index (χ1) is 11.7. The van der Waals surface area contributed by atoms with Gasteiger partial charge in [0.25, 0.3) is 0 Å². The highest BCUT2D eigenvalue weighted by atomic mass is 15.0. The first-order valence-electron chi connectivity index (χ1n) is 7.40. The fraction of sp³-hybridized carbons (Fsp3) is 0. The third-order valence-corrected chi connectivity index (χ3v) is 3.39. The molecule has 4 N–H and O–H groups in total. The van der Waals surface area contributed by atoms with E-state index in [-0.39, 0.29) is 0 Å². The van der Waals surface area contributed by atoms with Crippen molar-refractivity contribution in [1.29, 1.82) is 0 Å². The van der Waals surface area contributed by atoms with E-state index in [1.165, 1.54) is 0 Å². The molecule has 2 aromatic carbocycles. The molecule has 0 fully saturated rings. The summed E-state index contributed by atoms with van der Waals surface area (Å²) in [7, 11) is 0. The van der Waals surface area contributed by atoms with Gasteiger partial charge in [-0.15, -0.1) is 0 Å². The number of benzene rings is 2. The average Bonchev–Trinajstić information content (AvgIpc) is 3.31. The lowest BCUT2D eigenvalue weighted by Gasteiger charge is -2.00. The quantitative estimate of drug-likeness (QED) is 0.556. The number of nitrogen functional groups attached to an aromatic ring is 2. The van der Waals surface area contributed by atoms with Crippen molar-refractivity contribution < 1.29 is 0 Å². The van der Waals surface area contributed by atoms with Gasteiger partial charge in [-0.2, -0.15) is 0 Å². The summed E-state index contributed by atoms with van der Waals surface area (Å²) in [5, 5.41) is 0. The minimum Gasteiger partial charge on any atom is -0.399 e. The van der Waals surface area contributed by atoms with Crippen molar-refractivity contribution in [2.45, 2.75) is 0 Å². The van der Waals surface area contributed by atoms with Crippen LogP contribution >= 0.6 is 0 Å². The summed E-state index contributed by atoms with van der Waals surface area (Å²) in [5.41, 5.74) is 14.8. The van der Waals surface area contributed by atoms with Crippen LogP contribution in [0, 0.1) is 0 Å². The third kappa shape index (κ3) is 3.80. The zero-order valence-electron chi connectivity index (χ0n) is 13.0. The summed E-state index contributed by atoms with van der Waals surface area (Å²) in [4.78, 5) is 7.91. The van der Waals surface area contributed by atoms with Crippen molar-refractivity contribution in [2.24, 2.45) is 0 Å². The van der Waals surface area contributed by atoms with Crippen LogP contribution < -0.4 is 11.5 Å². The van der Waals surface area contributed by atoms with Crippen LogP contribution in [-0.2, 0) is 0 Å². The molecule has 0 saturated heterocycles. The van der Waals surface area contributed by atoms with Gasteiger partial charge in [0.2, 0.25) is 0 Å². The molecule has 120 valence electrons. The molecular formula is C18H18N6. The number of nitrogens with two attached hydrogens (primary N) is 2. The molecule has 0 bridgehead atoms. The van der Waals surface area contributed by atoms with Gasteiger partial charge in [-0.25, -0.2) is 9.97 Å². The van der Waals surface area contributed by atoms with Gasteiger partial charge < -0.3 is 20.6 Å². The van der Waals surface area contributed by atoms with Crippen LogP contribution in [0.25, 0.3) is 11.4 Å². The van der Waals surface area contributed by atoms with Crippen molar-refractivity contribution in [3.05, 3.63) is 86.0 Å². The standard InChI is InChI=1S/2C9H9N3/c2*10-8-1-3-9(4-2-8)12-6-5-11-7-12/h2*1-7H,10H2. The maximum absolute atomic E-state index is 5.56. The lowest BCUT2D eigenvalue weighted by Crippen LogP contribution is -1.90. The molecule has 4 aromatic rings. The van der Waals surface area contributed by atoms with E-state index in [2.05, 4.69) is 9.97 Å². The molecule has 6 nitrogen and oxygen atoms in total. The van der Waals surface area contributed by atoms with Gasteiger partial charge in [-0.3, -0.25) is 0 Å². The summed E-state index contributed by atoms with van der Waals surface area (Å²) in [6.07, 6.45) is 10.8. The Morgan fingerprint density at radius 3 is 1.25 bits per heavy atom. The molecule has 0 aliphatic rings. The van der Waals surface area contributed by atoms with Gasteiger partial charge in [-0.05, 0) is 48.5 Å². The number of hydrogen-bond donors (Lipinski definition) is 2. The molecule has 0 radical (unpaired) electrons. The first-order valence-corrected chi connectivity index (χ1v) is 7.40. The lowest BCUT2D eigenvalue weighted by molar-refractivity contribution is 1.06. The number of anilines is 2. The van der Waals surface area contributed by atoms with Gasteiger partial charge >= 0.3 is 0 Å². The average molecular weight is 318 g/mol. The molecule has 6 heteroatoms. The molecule has 0 amide bonds. The summed E-state index contributed by atoms with van der Waals surface area (Å²) in [5.74, 6) is 0. The van der Waals surface area contributed by atoms with Gasteiger partial charge in [0.15, 0.2) is 0 Å². The van der Waals surface area contributed by atoms with E-state index in [1.54, 1.807) is 25.0 Å². The highest BCUT2D eigenvalue weighted by Gasteiger charge is 1.93. The molecule has 0 aliphatic heterocycles. The van der Waals surface area contributed by atoms with Gasteiger partial charge in [0.05, 0.1) is 12.7 Å². The Labute approximate surface area is 140 Å². The zero-order valence-corrected chi connectivity index (χ0v) is 13.0. The van der Waals surface area contributed by atoms with Crippen LogP contribution in [0.15, 0.2) is 86.0 Å². The number of nitrogens with zero attached hydrogens (tertiary/aromatic N) is 4. The molecule has 2 heterocycles. The Hall–Kier alpha value is -3.54. The second kappa shape index (κ2) is 7.15. The minimum atomic E-state index is 0.777. The third-order valence-electron chi connectivity index (χ3n) is 3.39. The van der Waals surface area contributed by atoms with Crippen LogP contribution in [0.3, 0.4) is 0 Å². The number of imidazole rings is 2. The summed E-state index contributed by atoms with van der Waals surface area (Å²) >= 11 is 0. The van der Waals surface area contributed by atoms with Crippen LogP contribution in [0.2, 0.25) is 0 Å². The van der Waals surface area contributed by atoms with E-state index in [0.717, 1.165) is 22.7 Å². The fourth-order valence-electron chi connectivity index (χ4n) is 2.12. The van der Waals surface area contributed by atoms with Crippen LogP contribution in [-0.4, -0.2) is 19.1 Å². The van der Waals surface area contributed by atoms with Crippen molar-refractivity contribution in [3.63, 3.8) is 0 Å². The maximum Gasteiger partial charge on any atom is 0.0991 e. The second-order valence-corrected chi connectivity index (χ2v) is 5.12. The highest BCUT2D eigenvalue weighted by molar-refractivity contribution is 5.45. The Morgan fingerprint density at radius 2 is 0.958 bits per heavy atom. The lowest BCUT2D eigenvalue weighted by atomic mass is 10.3. The monoisotopic (exact) mass is 318 g/mol. The molecular weight excluding hydrogens is 300 g/mol. The van der Waals surface area contributed by atoms with Gasteiger partial charge in [-0.1, -0.05) is 0 Å². The second-order valence-electron chi connectivity index (χ2n) is 5.12.